The molecule has 1 heterocycles. The number of aryl methyl sites for hydroxylation is 3. The second-order valence-electron chi connectivity index (χ2n) is 8.03. The van der Waals surface area contributed by atoms with Gasteiger partial charge in [0.05, 0.1) is 17.7 Å². The van der Waals surface area contributed by atoms with E-state index in [1.165, 1.54) is 40.6 Å². The molecule has 1 amide bonds. The largest absolute Gasteiger partial charge is 0.493 e. The van der Waals surface area contributed by atoms with E-state index in [0.717, 1.165) is 11.1 Å². The van der Waals surface area contributed by atoms with Crippen LogP contribution in [0, 0.1) is 26.6 Å². The molecule has 0 saturated carbocycles. The van der Waals surface area contributed by atoms with Gasteiger partial charge in [-0.25, -0.2) is 9.38 Å². The number of rotatable bonds is 6. The summed E-state index contributed by atoms with van der Waals surface area (Å²) in [5.41, 5.74) is 6.14. The van der Waals surface area contributed by atoms with Gasteiger partial charge in [0.15, 0.2) is 16.7 Å². The van der Waals surface area contributed by atoms with Crippen LogP contribution >= 0.6 is 11.8 Å². The van der Waals surface area contributed by atoms with Gasteiger partial charge >= 0.3 is 0 Å². The molecule has 0 atom stereocenters. The molecule has 1 aliphatic rings. The Balaban J connectivity index is 1.50. The van der Waals surface area contributed by atoms with Crippen LogP contribution in [-0.4, -0.2) is 18.2 Å². The SMILES string of the molecule is COc1cc(/C=C2\SC(=Nc3ccc(F)cc3)NC2=O)ccc1OCc1c(C)cc(C)cc1C. The lowest BCUT2D eigenvalue weighted by atomic mass is 10.0. The summed E-state index contributed by atoms with van der Waals surface area (Å²) in [6.45, 7) is 6.70. The van der Waals surface area contributed by atoms with Gasteiger partial charge in [-0.1, -0.05) is 23.8 Å². The van der Waals surface area contributed by atoms with Gasteiger partial charge in [-0.3, -0.25) is 4.79 Å². The highest BCUT2D eigenvalue weighted by molar-refractivity contribution is 8.18. The van der Waals surface area contributed by atoms with E-state index >= 15 is 0 Å². The zero-order valence-corrected chi connectivity index (χ0v) is 20.3. The minimum absolute atomic E-state index is 0.240. The maximum absolute atomic E-state index is 13.1. The lowest BCUT2D eigenvalue weighted by Crippen LogP contribution is -2.19. The molecule has 174 valence electrons. The number of carbonyl (C=O) groups excluding carboxylic acids is 1. The van der Waals surface area contributed by atoms with Crippen molar-refractivity contribution in [2.45, 2.75) is 27.4 Å². The van der Waals surface area contributed by atoms with E-state index in [-0.39, 0.29) is 11.7 Å². The van der Waals surface area contributed by atoms with Crippen molar-refractivity contribution in [1.29, 1.82) is 0 Å². The Hall–Kier alpha value is -3.58. The van der Waals surface area contributed by atoms with E-state index in [1.54, 1.807) is 25.3 Å². The van der Waals surface area contributed by atoms with E-state index in [0.29, 0.717) is 33.9 Å². The number of halogens is 1. The predicted octanol–water partition coefficient (Wildman–Crippen LogP) is 6.23. The molecule has 0 spiro atoms. The average molecular weight is 477 g/mol. The fraction of sp³-hybridized carbons (Fsp3) is 0.185. The predicted molar refractivity (Wildman–Crippen MR) is 135 cm³/mol. The fourth-order valence-electron chi connectivity index (χ4n) is 3.75. The van der Waals surface area contributed by atoms with Gasteiger partial charge < -0.3 is 14.8 Å². The van der Waals surface area contributed by atoms with Crippen LogP contribution in [0.2, 0.25) is 0 Å². The van der Waals surface area contributed by atoms with Gasteiger partial charge in [0.2, 0.25) is 0 Å². The number of ether oxygens (including phenoxy) is 2. The molecular weight excluding hydrogens is 451 g/mol. The van der Waals surface area contributed by atoms with E-state index in [2.05, 4.69) is 43.2 Å². The van der Waals surface area contributed by atoms with E-state index in [9.17, 15) is 9.18 Å². The monoisotopic (exact) mass is 476 g/mol. The quantitative estimate of drug-likeness (QED) is 0.429. The topological polar surface area (TPSA) is 59.9 Å². The Morgan fingerprint density at radius 1 is 1.00 bits per heavy atom. The highest BCUT2D eigenvalue weighted by atomic mass is 32.2. The Morgan fingerprint density at radius 3 is 2.38 bits per heavy atom. The first-order valence-corrected chi connectivity index (χ1v) is 11.6. The zero-order valence-electron chi connectivity index (χ0n) is 19.4. The molecule has 0 aromatic heterocycles. The third-order valence-electron chi connectivity index (χ3n) is 5.41. The van der Waals surface area contributed by atoms with E-state index in [1.807, 2.05) is 18.2 Å². The van der Waals surface area contributed by atoms with Crippen LogP contribution in [0.4, 0.5) is 10.1 Å². The van der Waals surface area contributed by atoms with Crippen LogP contribution in [0.1, 0.15) is 27.8 Å². The van der Waals surface area contributed by atoms with Crippen molar-refractivity contribution in [2.24, 2.45) is 4.99 Å². The molecule has 0 radical (unpaired) electrons. The third-order valence-corrected chi connectivity index (χ3v) is 6.32. The van der Waals surface area contributed by atoms with Gasteiger partial charge in [0, 0.05) is 0 Å². The van der Waals surface area contributed by atoms with Crippen molar-refractivity contribution in [3.8, 4) is 11.5 Å². The van der Waals surface area contributed by atoms with Crippen molar-refractivity contribution >= 4 is 34.6 Å². The smallest absolute Gasteiger partial charge is 0.264 e. The molecule has 0 aliphatic carbocycles. The van der Waals surface area contributed by atoms with Crippen LogP contribution in [-0.2, 0) is 11.4 Å². The van der Waals surface area contributed by atoms with Gasteiger partial charge in [0.25, 0.3) is 5.91 Å². The van der Waals surface area contributed by atoms with Crippen molar-refractivity contribution < 1.29 is 18.7 Å². The minimum atomic E-state index is -0.335. The number of aliphatic imine (C=N–C) groups is 1. The maximum atomic E-state index is 13.1. The summed E-state index contributed by atoms with van der Waals surface area (Å²) in [7, 11) is 1.59. The summed E-state index contributed by atoms with van der Waals surface area (Å²) in [6, 6.07) is 15.6. The second kappa shape index (κ2) is 10.1. The second-order valence-corrected chi connectivity index (χ2v) is 9.07. The standard InChI is InChI=1S/C27H25FN2O3S/c1-16-11-17(2)22(18(3)12-16)15-33-23-10-5-19(13-24(23)32-4)14-25-26(31)30-27(34-25)29-21-8-6-20(28)7-9-21/h5-14H,15H2,1-4H3,(H,29,30,31)/b25-14-. The molecule has 34 heavy (non-hydrogen) atoms. The normalized spacial score (nSPS) is 15.6. The van der Waals surface area contributed by atoms with Gasteiger partial charge in [-0.15, -0.1) is 0 Å². The minimum Gasteiger partial charge on any atom is -0.493 e. The van der Waals surface area contributed by atoms with Crippen molar-refractivity contribution in [2.75, 3.05) is 7.11 Å². The number of methoxy groups -OCH3 is 1. The van der Waals surface area contributed by atoms with Crippen LogP contribution in [0.25, 0.3) is 6.08 Å². The lowest BCUT2D eigenvalue weighted by molar-refractivity contribution is -0.115. The summed E-state index contributed by atoms with van der Waals surface area (Å²) in [4.78, 5) is 17.3. The number of carbonyl (C=O) groups is 1. The highest BCUT2D eigenvalue weighted by Crippen LogP contribution is 2.33. The molecule has 3 aromatic rings. The summed E-state index contributed by atoms with van der Waals surface area (Å²) in [6.07, 6.45) is 1.77. The Kier molecular flexibility index (Phi) is 7.03. The van der Waals surface area contributed by atoms with Gasteiger partial charge in [-0.05, 0) is 97.3 Å². The third kappa shape index (κ3) is 5.48. The Labute approximate surface area is 202 Å². The van der Waals surface area contributed by atoms with Crippen LogP contribution in [0.15, 0.2) is 64.5 Å². The van der Waals surface area contributed by atoms with Crippen molar-refractivity contribution in [3.63, 3.8) is 0 Å². The van der Waals surface area contributed by atoms with Crippen molar-refractivity contribution in [3.05, 3.63) is 93.1 Å². The first kappa shape index (κ1) is 23.6. The first-order valence-electron chi connectivity index (χ1n) is 10.7. The Bertz CT molecular complexity index is 1280. The molecular formula is C27H25FN2O3S. The average Bonchev–Trinajstić information content (AvgIpc) is 3.13. The molecule has 1 aliphatic heterocycles. The fourth-order valence-corrected chi connectivity index (χ4v) is 4.59. The summed E-state index contributed by atoms with van der Waals surface area (Å²) < 4.78 is 24.7. The summed E-state index contributed by atoms with van der Waals surface area (Å²) >= 11 is 1.23. The first-order chi connectivity index (χ1) is 16.3. The molecule has 0 bridgehead atoms. The molecule has 4 rings (SSSR count). The number of nitrogens with one attached hydrogen (secondary N) is 1. The number of thioether (sulfide) groups is 1. The number of amides is 1. The molecule has 5 nitrogen and oxygen atoms in total. The zero-order chi connectivity index (χ0) is 24.2. The maximum Gasteiger partial charge on any atom is 0.264 e. The number of amidine groups is 1. The molecule has 1 N–H and O–H groups in total. The molecule has 1 saturated heterocycles. The van der Waals surface area contributed by atoms with Crippen LogP contribution < -0.4 is 14.8 Å². The van der Waals surface area contributed by atoms with E-state index in [4.69, 9.17) is 9.47 Å². The van der Waals surface area contributed by atoms with Crippen LogP contribution in [0.3, 0.4) is 0 Å². The number of nitrogens with zero attached hydrogens (tertiary/aromatic N) is 1. The number of hydrogen-bond donors (Lipinski definition) is 1. The summed E-state index contributed by atoms with van der Waals surface area (Å²) in [5.74, 6) is 0.639. The Morgan fingerprint density at radius 2 is 1.71 bits per heavy atom. The molecule has 0 unspecified atom stereocenters. The van der Waals surface area contributed by atoms with Crippen LogP contribution in [0.5, 0.6) is 11.5 Å². The molecule has 3 aromatic carbocycles. The van der Waals surface area contributed by atoms with Gasteiger partial charge in [0.1, 0.15) is 12.4 Å². The number of hydrogen-bond acceptors (Lipinski definition) is 5. The van der Waals surface area contributed by atoms with E-state index < -0.39 is 0 Å². The van der Waals surface area contributed by atoms with Gasteiger partial charge in [-0.2, -0.15) is 0 Å². The highest BCUT2D eigenvalue weighted by Gasteiger charge is 2.24. The van der Waals surface area contributed by atoms with Crippen molar-refractivity contribution in [1.82, 2.24) is 5.32 Å². The molecule has 1 fully saturated rings. The lowest BCUT2D eigenvalue weighted by Gasteiger charge is -2.15. The summed E-state index contributed by atoms with van der Waals surface area (Å²) in [5, 5.41) is 3.18. The number of benzene rings is 3. The molecule has 7 heteroatoms.